The van der Waals surface area contributed by atoms with Crippen molar-refractivity contribution in [2.24, 2.45) is 0 Å². The number of pyridine rings is 1. The molecule has 0 spiro atoms. The average Bonchev–Trinajstić information content (AvgIpc) is 2.74. The highest BCUT2D eigenvalue weighted by Gasteiger charge is 2.23. The Bertz CT molecular complexity index is 748. The normalized spacial score (nSPS) is 13.8. The SMILES string of the molecule is COC(=O)CN(NC(=O)N1CCN(c2ccncc2)CC1)c1ccccc1. The fourth-order valence-electron chi connectivity index (χ4n) is 2.91. The van der Waals surface area contributed by atoms with Gasteiger partial charge in [0.25, 0.3) is 0 Å². The van der Waals surface area contributed by atoms with E-state index in [0.717, 1.165) is 18.8 Å². The molecule has 0 atom stereocenters. The van der Waals surface area contributed by atoms with E-state index in [1.165, 1.54) is 12.1 Å². The Morgan fingerprint density at radius 3 is 2.37 bits per heavy atom. The highest BCUT2D eigenvalue weighted by Crippen LogP contribution is 2.15. The van der Waals surface area contributed by atoms with Gasteiger partial charge in [-0.1, -0.05) is 18.2 Å². The smallest absolute Gasteiger partial charge is 0.336 e. The summed E-state index contributed by atoms with van der Waals surface area (Å²) in [5, 5.41) is 1.50. The predicted octanol–water partition coefficient (Wildman–Crippen LogP) is 1.51. The number of piperazine rings is 1. The molecular weight excluding hydrogens is 346 g/mol. The van der Waals surface area contributed by atoms with Gasteiger partial charge in [0.05, 0.1) is 12.8 Å². The summed E-state index contributed by atoms with van der Waals surface area (Å²) < 4.78 is 4.74. The summed E-state index contributed by atoms with van der Waals surface area (Å²) in [5.41, 5.74) is 4.63. The van der Waals surface area contributed by atoms with Crippen LogP contribution in [0.5, 0.6) is 0 Å². The lowest BCUT2D eigenvalue weighted by atomic mass is 10.3. The van der Waals surface area contributed by atoms with Crippen molar-refractivity contribution in [2.45, 2.75) is 0 Å². The van der Waals surface area contributed by atoms with Crippen molar-refractivity contribution in [3.63, 3.8) is 0 Å². The maximum atomic E-state index is 12.7. The Morgan fingerprint density at radius 1 is 1.07 bits per heavy atom. The van der Waals surface area contributed by atoms with E-state index in [1.807, 2.05) is 42.5 Å². The van der Waals surface area contributed by atoms with Crippen LogP contribution in [-0.2, 0) is 9.53 Å². The van der Waals surface area contributed by atoms with Crippen LogP contribution >= 0.6 is 0 Å². The Labute approximate surface area is 158 Å². The number of nitrogens with zero attached hydrogens (tertiary/aromatic N) is 4. The second-order valence-electron chi connectivity index (χ2n) is 6.09. The number of hydrogen-bond acceptors (Lipinski definition) is 6. The van der Waals surface area contributed by atoms with Crippen LogP contribution in [0.25, 0.3) is 0 Å². The van der Waals surface area contributed by atoms with Gasteiger partial charge in [-0.05, 0) is 24.3 Å². The number of amides is 2. The summed E-state index contributed by atoms with van der Waals surface area (Å²) in [5.74, 6) is -0.429. The monoisotopic (exact) mass is 369 g/mol. The zero-order chi connectivity index (χ0) is 19.1. The average molecular weight is 369 g/mol. The Morgan fingerprint density at radius 2 is 1.74 bits per heavy atom. The van der Waals surface area contributed by atoms with E-state index in [-0.39, 0.29) is 12.6 Å². The van der Waals surface area contributed by atoms with Crippen LogP contribution in [0, 0.1) is 0 Å². The van der Waals surface area contributed by atoms with Gasteiger partial charge in [0, 0.05) is 44.3 Å². The number of para-hydroxylation sites is 1. The van der Waals surface area contributed by atoms with E-state index in [1.54, 1.807) is 17.3 Å². The molecule has 1 saturated heterocycles. The van der Waals surface area contributed by atoms with Crippen LogP contribution in [0.2, 0.25) is 0 Å². The molecule has 8 nitrogen and oxygen atoms in total. The number of benzene rings is 1. The number of hydrogen-bond donors (Lipinski definition) is 1. The zero-order valence-electron chi connectivity index (χ0n) is 15.2. The number of methoxy groups -OCH3 is 1. The first-order valence-corrected chi connectivity index (χ1v) is 8.77. The van der Waals surface area contributed by atoms with Crippen molar-refractivity contribution in [3.8, 4) is 0 Å². The third-order valence-corrected chi connectivity index (χ3v) is 4.41. The molecule has 1 aromatic heterocycles. The Hall–Kier alpha value is -3.29. The number of anilines is 2. The molecule has 0 saturated carbocycles. The van der Waals surface area contributed by atoms with Crippen molar-refractivity contribution in [2.75, 3.05) is 49.7 Å². The van der Waals surface area contributed by atoms with Gasteiger partial charge < -0.3 is 14.5 Å². The van der Waals surface area contributed by atoms with E-state index < -0.39 is 5.97 Å². The highest BCUT2D eigenvalue weighted by molar-refractivity contribution is 5.80. The van der Waals surface area contributed by atoms with Gasteiger partial charge >= 0.3 is 12.0 Å². The summed E-state index contributed by atoms with van der Waals surface area (Å²) in [6.07, 6.45) is 3.53. The molecule has 0 bridgehead atoms. The van der Waals surface area contributed by atoms with Crippen molar-refractivity contribution in [1.29, 1.82) is 0 Å². The standard InChI is InChI=1S/C19H23N5O3/c1-27-18(25)15-24(17-5-3-2-4-6-17)21-19(26)23-13-11-22(12-14-23)16-7-9-20-10-8-16/h2-10H,11-15H2,1H3,(H,21,26). The molecule has 1 aromatic carbocycles. The molecule has 0 aliphatic carbocycles. The minimum absolute atomic E-state index is 0.0662. The summed E-state index contributed by atoms with van der Waals surface area (Å²) in [6.45, 7) is 2.59. The van der Waals surface area contributed by atoms with Crippen molar-refractivity contribution in [1.82, 2.24) is 15.3 Å². The number of nitrogens with one attached hydrogen (secondary N) is 1. The molecule has 142 valence electrons. The molecule has 2 heterocycles. The number of ether oxygens (including phenoxy) is 1. The van der Waals surface area contributed by atoms with Crippen LogP contribution in [0.1, 0.15) is 0 Å². The number of aromatic nitrogens is 1. The van der Waals surface area contributed by atoms with Gasteiger partial charge in [-0.3, -0.25) is 14.8 Å². The maximum absolute atomic E-state index is 12.7. The number of rotatable bonds is 5. The number of carbonyl (C=O) groups excluding carboxylic acids is 2. The van der Waals surface area contributed by atoms with E-state index in [4.69, 9.17) is 4.74 Å². The predicted molar refractivity (Wildman–Crippen MR) is 102 cm³/mol. The second-order valence-corrected chi connectivity index (χ2v) is 6.09. The number of carbonyl (C=O) groups is 2. The van der Waals surface area contributed by atoms with Gasteiger partial charge in [0.15, 0.2) is 0 Å². The van der Waals surface area contributed by atoms with Crippen LogP contribution in [0.4, 0.5) is 16.2 Å². The first kappa shape index (κ1) is 18.5. The zero-order valence-corrected chi connectivity index (χ0v) is 15.2. The third-order valence-electron chi connectivity index (χ3n) is 4.41. The van der Waals surface area contributed by atoms with E-state index >= 15 is 0 Å². The van der Waals surface area contributed by atoms with Gasteiger partial charge in [-0.15, -0.1) is 0 Å². The first-order valence-electron chi connectivity index (χ1n) is 8.77. The second kappa shape index (κ2) is 8.88. The van der Waals surface area contributed by atoms with Crippen LogP contribution < -0.4 is 15.3 Å². The van der Waals surface area contributed by atoms with Crippen LogP contribution in [0.15, 0.2) is 54.9 Å². The topological polar surface area (TPSA) is 78.0 Å². The molecule has 1 aliphatic heterocycles. The molecule has 2 amide bonds. The van der Waals surface area contributed by atoms with E-state index in [2.05, 4.69) is 15.3 Å². The lowest BCUT2D eigenvalue weighted by molar-refractivity contribution is -0.139. The summed E-state index contributed by atoms with van der Waals surface area (Å²) in [4.78, 5) is 32.4. The largest absolute Gasteiger partial charge is 0.468 e. The molecular formula is C19H23N5O3. The van der Waals surface area contributed by atoms with Crippen molar-refractivity contribution in [3.05, 3.63) is 54.9 Å². The fraction of sp³-hybridized carbons (Fsp3) is 0.316. The quantitative estimate of drug-likeness (QED) is 0.636. The lowest BCUT2D eigenvalue weighted by Gasteiger charge is -2.37. The minimum Gasteiger partial charge on any atom is -0.468 e. The summed E-state index contributed by atoms with van der Waals surface area (Å²) >= 11 is 0. The number of hydrazine groups is 1. The maximum Gasteiger partial charge on any atom is 0.336 e. The number of urea groups is 1. The van der Waals surface area contributed by atoms with E-state index in [0.29, 0.717) is 18.8 Å². The van der Waals surface area contributed by atoms with Gasteiger partial charge in [-0.25, -0.2) is 10.2 Å². The molecule has 2 aromatic rings. The molecule has 0 unspecified atom stereocenters. The molecule has 0 radical (unpaired) electrons. The Kier molecular flexibility index (Phi) is 6.09. The first-order chi connectivity index (χ1) is 13.2. The molecule has 1 aliphatic rings. The Balaban J connectivity index is 1.60. The molecule has 3 rings (SSSR count). The summed E-state index contributed by atoms with van der Waals surface area (Å²) in [7, 11) is 1.33. The van der Waals surface area contributed by atoms with Crippen molar-refractivity contribution >= 4 is 23.4 Å². The lowest BCUT2D eigenvalue weighted by Crippen LogP contribution is -2.56. The van der Waals surface area contributed by atoms with Gasteiger partial charge in [0.2, 0.25) is 0 Å². The van der Waals surface area contributed by atoms with Crippen molar-refractivity contribution < 1.29 is 14.3 Å². The van der Waals surface area contributed by atoms with Crippen LogP contribution in [0.3, 0.4) is 0 Å². The van der Waals surface area contributed by atoms with E-state index in [9.17, 15) is 9.59 Å². The van der Waals surface area contributed by atoms with Gasteiger partial charge in [0.1, 0.15) is 6.54 Å². The molecule has 8 heteroatoms. The number of esters is 1. The minimum atomic E-state index is -0.429. The molecule has 1 fully saturated rings. The third kappa shape index (κ3) is 4.87. The van der Waals surface area contributed by atoms with Crippen LogP contribution in [-0.4, -0.2) is 61.7 Å². The highest BCUT2D eigenvalue weighted by atomic mass is 16.5. The summed E-state index contributed by atoms with van der Waals surface area (Å²) in [6, 6.07) is 12.9. The molecule has 1 N–H and O–H groups in total. The van der Waals surface area contributed by atoms with Gasteiger partial charge in [-0.2, -0.15) is 0 Å². The molecule has 27 heavy (non-hydrogen) atoms. The fourth-order valence-corrected chi connectivity index (χ4v) is 2.91.